The summed E-state index contributed by atoms with van der Waals surface area (Å²) < 4.78 is 9.52. The Morgan fingerprint density at radius 3 is 1.61 bits per heavy atom. The first-order valence-corrected chi connectivity index (χ1v) is 12.6. The van der Waals surface area contributed by atoms with Gasteiger partial charge in [0.05, 0.1) is 11.1 Å². The van der Waals surface area contributed by atoms with Gasteiger partial charge < -0.3 is 30.3 Å². The zero-order chi connectivity index (χ0) is 27.7. The van der Waals surface area contributed by atoms with E-state index in [4.69, 9.17) is 9.47 Å². The first-order chi connectivity index (χ1) is 18.1. The Kier molecular flexibility index (Phi) is 9.98. The van der Waals surface area contributed by atoms with Crippen molar-refractivity contribution in [3.05, 3.63) is 71.8 Å². The van der Waals surface area contributed by atoms with Crippen LogP contribution in [0.1, 0.15) is 60.2 Å². The number of nitrogens with one attached hydrogen (secondary N) is 2. The van der Waals surface area contributed by atoms with E-state index in [1.54, 1.807) is 12.1 Å². The van der Waals surface area contributed by atoms with E-state index in [-0.39, 0.29) is 11.1 Å². The number of carbonyl (C=O) groups is 4. The average molecular weight is 527 g/mol. The molecule has 38 heavy (non-hydrogen) atoms. The molecule has 2 aromatic carbocycles. The molecule has 0 unspecified atom stereocenters. The number of esters is 2. The number of hydrogen-bond donors (Lipinski definition) is 4. The molecule has 2 aliphatic rings. The highest BCUT2D eigenvalue weighted by molar-refractivity contribution is 5.95. The van der Waals surface area contributed by atoms with Crippen LogP contribution in [0.5, 0.6) is 0 Å². The Bertz CT molecular complexity index is 1040. The Hall–Kier alpha value is -3.76. The van der Waals surface area contributed by atoms with E-state index in [1.165, 1.54) is 74.2 Å². The van der Waals surface area contributed by atoms with Crippen LogP contribution in [0.3, 0.4) is 0 Å². The Morgan fingerprint density at radius 1 is 0.763 bits per heavy atom. The highest BCUT2D eigenvalue weighted by atomic mass is 16.6. The van der Waals surface area contributed by atoms with Crippen molar-refractivity contribution in [1.29, 1.82) is 0 Å². The molecule has 1 saturated carbocycles. The van der Waals surface area contributed by atoms with E-state index in [0.29, 0.717) is 5.54 Å². The summed E-state index contributed by atoms with van der Waals surface area (Å²) in [6.45, 7) is 5.68. The molecule has 2 aromatic rings. The van der Waals surface area contributed by atoms with Gasteiger partial charge in [-0.1, -0.05) is 49.2 Å². The molecule has 4 atom stereocenters. The fourth-order valence-electron chi connectivity index (χ4n) is 4.49. The number of rotatable bonds is 7. The lowest BCUT2D eigenvalue weighted by molar-refractivity contribution is -0.166. The molecule has 0 bridgehead atoms. The minimum absolute atomic E-state index is 0.0253. The van der Waals surface area contributed by atoms with Gasteiger partial charge in [0.2, 0.25) is 12.2 Å². The van der Waals surface area contributed by atoms with Crippen molar-refractivity contribution < 1.29 is 38.9 Å². The van der Waals surface area contributed by atoms with Crippen molar-refractivity contribution in [2.24, 2.45) is 0 Å². The lowest BCUT2D eigenvalue weighted by atomic mass is 9.85. The number of carboxylic acid groups (broad SMARTS) is 2. The fraction of sp³-hybridized carbons (Fsp3) is 0.429. The molecular weight excluding hydrogens is 492 g/mol. The summed E-state index contributed by atoms with van der Waals surface area (Å²) in [4.78, 5) is 46.8. The predicted molar refractivity (Wildman–Crippen MR) is 138 cm³/mol. The Balaban J connectivity index is 0.000000275. The molecule has 10 nitrogen and oxygen atoms in total. The van der Waals surface area contributed by atoms with Gasteiger partial charge >= 0.3 is 23.9 Å². The van der Waals surface area contributed by atoms with E-state index in [2.05, 4.69) is 24.5 Å². The number of piperazine rings is 1. The molecule has 1 heterocycles. The number of carboxylic acids is 2. The second kappa shape index (κ2) is 13.2. The maximum atomic E-state index is 12.0. The largest absolute Gasteiger partial charge is 0.478 e. The van der Waals surface area contributed by atoms with Gasteiger partial charge in [0, 0.05) is 24.2 Å². The van der Waals surface area contributed by atoms with E-state index in [0.717, 1.165) is 18.6 Å². The second-order valence-electron chi connectivity index (χ2n) is 9.97. The van der Waals surface area contributed by atoms with Gasteiger partial charge in [0.1, 0.15) is 0 Å². The maximum absolute atomic E-state index is 12.0. The summed E-state index contributed by atoms with van der Waals surface area (Å²) in [6, 6.07) is 16.3. The van der Waals surface area contributed by atoms with Gasteiger partial charge in [-0.2, -0.15) is 0 Å². The van der Waals surface area contributed by atoms with Crippen LogP contribution in [0.25, 0.3) is 0 Å². The molecule has 10 heteroatoms. The minimum Gasteiger partial charge on any atom is -0.478 e. The summed E-state index contributed by atoms with van der Waals surface area (Å²) in [6.07, 6.45) is 1.12. The Labute approximate surface area is 221 Å². The zero-order valence-corrected chi connectivity index (χ0v) is 21.5. The molecule has 0 spiro atoms. The van der Waals surface area contributed by atoms with Crippen LogP contribution in [0.15, 0.2) is 60.7 Å². The van der Waals surface area contributed by atoms with Crippen molar-refractivity contribution in [2.75, 3.05) is 6.54 Å². The molecule has 0 aromatic heterocycles. The lowest BCUT2D eigenvalue weighted by Gasteiger charge is -2.45. The first kappa shape index (κ1) is 28.8. The van der Waals surface area contributed by atoms with E-state index >= 15 is 0 Å². The van der Waals surface area contributed by atoms with Gasteiger partial charge in [-0.3, -0.25) is 0 Å². The van der Waals surface area contributed by atoms with Gasteiger partial charge in [-0.25, -0.2) is 19.2 Å². The van der Waals surface area contributed by atoms with Crippen molar-refractivity contribution in [3.63, 3.8) is 0 Å². The van der Waals surface area contributed by atoms with Crippen LogP contribution in [-0.2, 0) is 19.1 Å². The summed E-state index contributed by atoms with van der Waals surface area (Å²) in [5.74, 6) is -5.63. The van der Waals surface area contributed by atoms with E-state index < -0.39 is 36.1 Å². The van der Waals surface area contributed by atoms with Crippen molar-refractivity contribution in [3.8, 4) is 0 Å². The van der Waals surface area contributed by atoms with Crippen LogP contribution in [0.2, 0.25) is 0 Å². The van der Waals surface area contributed by atoms with Crippen LogP contribution in [0, 0.1) is 0 Å². The zero-order valence-electron chi connectivity index (χ0n) is 21.5. The van der Waals surface area contributed by atoms with Crippen LogP contribution in [-0.4, -0.2) is 70.5 Å². The monoisotopic (exact) mass is 526 g/mol. The normalized spacial score (nSPS) is 21.3. The number of ether oxygens (including phenoxy) is 2. The molecular formula is C28H34N2O8. The molecule has 4 rings (SSSR count). The molecule has 1 saturated heterocycles. The summed E-state index contributed by atoms with van der Waals surface area (Å²) in [7, 11) is 0. The third-order valence-electron chi connectivity index (χ3n) is 6.40. The number of fused-ring (bicyclic) bond motifs is 1. The second-order valence-corrected chi connectivity index (χ2v) is 9.97. The highest BCUT2D eigenvalue weighted by Gasteiger charge is 2.41. The van der Waals surface area contributed by atoms with Crippen molar-refractivity contribution in [1.82, 2.24) is 10.6 Å². The lowest BCUT2D eigenvalue weighted by Crippen LogP contribution is -2.66. The van der Waals surface area contributed by atoms with Crippen molar-refractivity contribution >= 4 is 23.9 Å². The molecule has 2 fully saturated rings. The average Bonchev–Trinajstić information content (AvgIpc) is 2.91. The van der Waals surface area contributed by atoms with E-state index in [1.807, 2.05) is 0 Å². The molecule has 204 valence electrons. The van der Waals surface area contributed by atoms with Gasteiger partial charge in [0.25, 0.3) is 0 Å². The number of carbonyl (C=O) groups excluding carboxylic acids is 2. The van der Waals surface area contributed by atoms with E-state index in [9.17, 15) is 29.4 Å². The smallest absolute Gasteiger partial charge is 0.349 e. The summed E-state index contributed by atoms with van der Waals surface area (Å²) in [5.41, 5.74) is 0.355. The molecule has 4 N–H and O–H groups in total. The quantitative estimate of drug-likeness (QED) is 0.396. The molecule has 1 aliphatic heterocycles. The van der Waals surface area contributed by atoms with Crippen LogP contribution in [0.4, 0.5) is 0 Å². The van der Waals surface area contributed by atoms with Gasteiger partial charge in [-0.15, -0.1) is 0 Å². The topological polar surface area (TPSA) is 151 Å². The summed E-state index contributed by atoms with van der Waals surface area (Å²) in [5, 5.41) is 25.9. The van der Waals surface area contributed by atoms with Crippen LogP contribution < -0.4 is 10.6 Å². The third-order valence-corrected chi connectivity index (χ3v) is 6.40. The predicted octanol–water partition coefficient (Wildman–Crippen LogP) is 2.88. The van der Waals surface area contributed by atoms with Gasteiger partial charge in [-0.05, 0) is 51.0 Å². The number of aliphatic carboxylic acids is 2. The number of hydrogen-bond acceptors (Lipinski definition) is 8. The standard InChI is InChI=1S/C18H14O8.C10H20N2/c19-15(20)13(25-17(23)11-7-3-1-4-8-11)14(16(21)22)26-18(24)12-9-5-2-6-10-12;1-10(2)7-11-8-5-3-4-6-9(8)12-10/h1-10,13-14H,(H,19,20)(H,21,22);8-9,11-12H,3-7H2,1-2H3/t13-,14-;8-,9+/m00/s1. The SMILES string of the molecule is CC1(C)CN[C@H]2CCCC[C@H]2N1.O=C(O[C@H](C(=O)O)[C@H](OC(=O)c1ccccc1)C(=O)O)c1ccccc1. The van der Waals surface area contributed by atoms with Gasteiger partial charge in [0.15, 0.2) is 0 Å². The molecule has 0 radical (unpaired) electrons. The Morgan fingerprint density at radius 2 is 1.18 bits per heavy atom. The first-order valence-electron chi connectivity index (χ1n) is 12.6. The minimum atomic E-state index is -2.21. The molecule has 1 aliphatic carbocycles. The maximum Gasteiger partial charge on any atom is 0.349 e. The molecule has 0 amide bonds. The van der Waals surface area contributed by atoms with Crippen molar-refractivity contribution in [2.45, 2.75) is 69.4 Å². The number of benzene rings is 2. The van der Waals surface area contributed by atoms with Crippen LogP contribution >= 0.6 is 0 Å². The fourth-order valence-corrected chi connectivity index (χ4v) is 4.49. The highest BCUT2D eigenvalue weighted by Crippen LogP contribution is 2.23. The third kappa shape index (κ3) is 8.12. The summed E-state index contributed by atoms with van der Waals surface area (Å²) >= 11 is 0.